The van der Waals surface area contributed by atoms with Crippen molar-refractivity contribution >= 4 is 5.78 Å². The smallest absolute Gasteiger partial charge is 0.138 e. The highest BCUT2D eigenvalue weighted by Crippen LogP contribution is 2.26. The number of hydrogen-bond donors (Lipinski definition) is 0. The molecule has 0 saturated carbocycles. The molecular formula is C9H15NO. The molecule has 0 aromatic heterocycles. The van der Waals surface area contributed by atoms with Crippen LogP contribution in [0.5, 0.6) is 0 Å². The fourth-order valence-electron chi connectivity index (χ4n) is 2.26. The Morgan fingerprint density at radius 2 is 2.36 bits per heavy atom. The third-order valence-corrected chi connectivity index (χ3v) is 3.03. The normalized spacial score (nSPS) is 44.1. The predicted octanol–water partition coefficient (Wildman–Crippen LogP) is 1.06. The summed E-state index contributed by atoms with van der Waals surface area (Å²) in [5.41, 5.74) is 0. The number of nitrogens with zero attached hydrogens (tertiary/aromatic N) is 1. The largest absolute Gasteiger partial charge is 0.300 e. The Balaban J connectivity index is 2.11. The molecule has 0 spiro atoms. The number of fused-ring (bicyclic) bond motifs is 2. The molecule has 2 rings (SSSR count). The van der Waals surface area contributed by atoms with Crippen LogP contribution < -0.4 is 0 Å². The number of ketones is 1. The second kappa shape index (κ2) is 2.59. The van der Waals surface area contributed by atoms with Crippen molar-refractivity contribution in [2.45, 2.75) is 32.2 Å². The molecular weight excluding hydrogens is 138 g/mol. The third-order valence-electron chi connectivity index (χ3n) is 3.03. The molecule has 0 N–H and O–H groups in total. The lowest BCUT2D eigenvalue weighted by atomic mass is 9.85. The zero-order valence-corrected chi connectivity index (χ0v) is 7.05. The average molecular weight is 153 g/mol. The van der Waals surface area contributed by atoms with Gasteiger partial charge in [-0.2, -0.15) is 0 Å². The van der Waals surface area contributed by atoms with Gasteiger partial charge in [0.1, 0.15) is 5.78 Å². The maximum Gasteiger partial charge on any atom is 0.138 e. The highest BCUT2D eigenvalue weighted by molar-refractivity contribution is 5.82. The van der Waals surface area contributed by atoms with Crippen LogP contribution in [-0.2, 0) is 4.79 Å². The summed E-state index contributed by atoms with van der Waals surface area (Å²) < 4.78 is 0. The summed E-state index contributed by atoms with van der Waals surface area (Å²) >= 11 is 0. The average Bonchev–Trinajstić information content (AvgIpc) is 2.02. The quantitative estimate of drug-likeness (QED) is 0.518. The van der Waals surface area contributed by atoms with Crippen LogP contribution in [0.1, 0.15) is 26.2 Å². The van der Waals surface area contributed by atoms with Crippen molar-refractivity contribution in [3.63, 3.8) is 0 Å². The van der Waals surface area contributed by atoms with Crippen LogP contribution in [-0.4, -0.2) is 29.8 Å². The molecule has 2 aliphatic rings. The predicted molar refractivity (Wildman–Crippen MR) is 43.4 cm³/mol. The van der Waals surface area contributed by atoms with Crippen LogP contribution in [0.15, 0.2) is 0 Å². The molecule has 0 amide bonds. The van der Waals surface area contributed by atoms with Gasteiger partial charge in [-0.15, -0.1) is 0 Å². The Labute approximate surface area is 67.6 Å². The van der Waals surface area contributed by atoms with E-state index >= 15 is 0 Å². The van der Waals surface area contributed by atoms with Crippen molar-refractivity contribution in [2.75, 3.05) is 13.1 Å². The molecule has 3 atom stereocenters. The number of rotatable bonds is 0. The van der Waals surface area contributed by atoms with Crippen LogP contribution in [0.3, 0.4) is 0 Å². The molecule has 11 heavy (non-hydrogen) atoms. The molecule has 2 saturated heterocycles. The van der Waals surface area contributed by atoms with Crippen molar-refractivity contribution in [3.8, 4) is 0 Å². The SMILES string of the molecule is CC1CC(=O)C2CCCN1C2. The van der Waals surface area contributed by atoms with Crippen molar-refractivity contribution < 1.29 is 4.79 Å². The van der Waals surface area contributed by atoms with E-state index in [1.807, 2.05) is 0 Å². The van der Waals surface area contributed by atoms with E-state index in [0.29, 0.717) is 17.7 Å². The van der Waals surface area contributed by atoms with Crippen LogP contribution in [0.2, 0.25) is 0 Å². The number of carbonyl (C=O) groups excluding carboxylic acids is 1. The Morgan fingerprint density at radius 3 is 3.18 bits per heavy atom. The first-order valence-corrected chi connectivity index (χ1v) is 4.54. The van der Waals surface area contributed by atoms with Gasteiger partial charge >= 0.3 is 0 Å². The molecule has 0 aromatic carbocycles. The molecule has 0 aliphatic carbocycles. The highest BCUT2D eigenvalue weighted by atomic mass is 16.1. The van der Waals surface area contributed by atoms with E-state index in [2.05, 4.69) is 11.8 Å². The van der Waals surface area contributed by atoms with Crippen molar-refractivity contribution in [2.24, 2.45) is 5.92 Å². The topological polar surface area (TPSA) is 20.3 Å². The third kappa shape index (κ3) is 1.20. The molecule has 2 bridgehead atoms. The lowest BCUT2D eigenvalue weighted by Gasteiger charge is -2.40. The van der Waals surface area contributed by atoms with Crippen molar-refractivity contribution in [1.82, 2.24) is 4.90 Å². The Kier molecular flexibility index (Phi) is 1.72. The first kappa shape index (κ1) is 7.29. The van der Waals surface area contributed by atoms with Gasteiger partial charge in [0, 0.05) is 24.9 Å². The number of carbonyl (C=O) groups is 1. The van der Waals surface area contributed by atoms with Gasteiger partial charge in [-0.05, 0) is 26.3 Å². The van der Waals surface area contributed by atoms with Crippen LogP contribution in [0, 0.1) is 5.92 Å². The first-order valence-electron chi connectivity index (χ1n) is 4.54. The molecule has 3 unspecified atom stereocenters. The minimum atomic E-state index is 0.389. The van der Waals surface area contributed by atoms with E-state index in [1.54, 1.807) is 0 Å². The van der Waals surface area contributed by atoms with Crippen LogP contribution >= 0.6 is 0 Å². The van der Waals surface area contributed by atoms with E-state index in [4.69, 9.17) is 0 Å². The van der Waals surface area contributed by atoms with Gasteiger partial charge in [0.05, 0.1) is 0 Å². The van der Waals surface area contributed by atoms with Gasteiger partial charge in [0.25, 0.3) is 0 Å². The fraction of sp³-hybridized carbons (Fsp3) is 0.889. The van der Waals surface area contributed by atoms with E-state index in [-0.39, 0.29) is 0 Å². The molecule has 2 nitrogen and oxygen atoms in total. The van der Waals surface area contributed by atoms with E-state index < -0.39 is 0 Å². The number of hydrogen-bond acceptors (Lipinski definition) is 2. The van der Waals surface area contributed by atoms with Gasteiger partial charge in [-0.3, -0.25) is 9.69 Å². The lowest BCUT2D eigenvalue weighted by Crippen LogP contribution is -2.49. The van der Waals surface area contributed by atoms with E-state index in [1.165, 1.54) is 13.0 Å². The zero-order chi connectivity index (χ0) is 7.84. The second-order valence-corrected chi connectivity index (χ2v) is 3.85. The summed E-state index contributed by atoms with van der Waals surface area (Å²) in [5, 5.41) is 0. The maximum atomic E-state index is 11.4. The van der Waals surface area contributed by atoms with E-state index in [0.717, 1.165) is 19.4 Å². The van der Waals surface area contributed by atoms with E-state index in [9.17, 15) is 4.79 Å². The summed E-state index contributed by atoms with van der Waals surface area (Å²) in [7, 11) is 0. The first-order chi connectivity index (χ1) is 5.27. The molecule has 0 radical (unpaired) electrons. The second-order valence-electron chi connectivity index (χ2n) is 3.85. The maximum absolute atomic E-state index is 11.4. The molecule has 62 valence electrons. The highest BCUT2D eigenvalue weighted by Gasteiger charge is 2.34. The summed E-state index contributed by atoms with van der Waals surface area (Å²) in [6.45, 7) is 4.42. The standard InChI is InChI=1S/C9H15NO/c1-7-5-9(11)8-3-2-4-10(7)6-8/h7-8H,2-6H2,1H3. The van der Waals surface area contributed by atoms with Gasteiger partial charge < -0.3 is 0 Å². The van der Waals surface area contributed by atoms with Gasteiger partial charge in [0.15, 0.2) is 0 Å². The molecule has 2 heterocycles. The Morgan fingerprint density at radius 1 is 1.55 bits per heavy atom. The minimum Gasteiger partial charge on any atom is -0.300 e. The Bertz CT molecular complexity index is 178. The summed E-state index contributed by atoms with van der Waals surface area (Å²) in [6, 6.07) is 0.513. The lowest BCUT2D eigenvalue weighted by molar-refractivity contribution is -0.130. The Hall–Kier alpha value is -0.370. The van der Waals surface area contributed by atoms with Crippen LogP contribution in [0.4, 0.5) is 0 Å². The number of Topliss-reactive ketones (excluding diaryl/α,β-unsaturated/α-hetero) is 1. The molecule has 2 aliphatic heterocycles. The molecule has 2 fully saturated rings. The van der Waals surface area contributed by atoms with Crippen LogP contribution in [0.25, 0.3) is 0 Å². The van der Waals surface area contributed by atoms with Gasteiger partial charge in [-0.25, -0.2) is 0 Å². The molecule has 2 heteroatoms. The van der Waals surface area contributed by atoms with Gasteiger partial charge in [0.2, 0.25) is 0 Å². The van der Waals surface area contributed by atoms with Gasteiger partial charge in [-0.1, -0.05) is 0 Å². The summed E-state index contributed by atoms with van der Waals surface area (Å²) in [4.78, 5) is 13.8. The molecule has 0 aromatic rings. The minimum absolute atomic E-state index is 0.389. The monoisotopic (exact) mass is 153 g/mol. The fourth-order valence-corrected chi connectivity index (χ4v) is 2.26. The zero-order valence-electron chi connectivity index (χ0n) is 7.05. The van der Waals surface area contributed by atoms with Crippen molar-refractivity contribution in [1.29, 1.82) is 0 Å². The summed E-state index contributed by atoms with van der Waals surface area (Å²) in [6.07, 6.45) is 3.16. The van der Waals surface area contributed by atoms with Crippen molar-refractivity contribution in [3.05, 3.63) is 0 Å². The summed E-state index contributed by atoms with van der Waals surface area (Å²) in [5.74, 6) is 0.897. The number of piperidine rings is 2.